The van der Waals surface area contributed by atoms with Gasteiger partial charge in [-0.15, -0.1) is 0 Å². The van der Waals surface area contributed by atoms with Crippen LogP contribution < -0.4 is 0 Å². The molecular formula is C17H10F3N3. The van der Waals surface area contributed by atoms with E-state index in [2.05, 4.69) is 9.97 Å². The molecule has 0 saturated heterocycles. The first-order valence-corrected chi connectivity index (χ1v) is 6.79. The van der Waals surface area contributed by atoms with E-state index in [-0.39, 0.29) is 12.1 Å². The molecule has 6 heteroatoms. The van der Waals surface area contributed by atoms with Crippen molar-refractivity contribution in [2.45, 2.75) is 12.6 Å². The second-order valence-electron chi connectivity index (χ2n) is 4.99. The van der Waals surface area contributed by atoms with Gasteiger partial charge in [-0.3, -0.25) is 0 Å². The van der Waals surface area contributed by atoms with Crippen molar-refractivity contribution in [3.63, 3.8) is 0 Å². The first-order valence-electron chi connectivity index (χ1n) is 6.79. The zero-order chi connectivity index (χ0) is 16.4. The van der Waals surface area contributed by atoms with Crippen LogP contribution in [-0.2, 0) is 12.6 Å². The lowest BCUT2D eigenvalue weighted by molar-refractivity contribution is -0.137. The number of halogens is 3. The fourth-order valence-corrected chi connectivity index (χ4v) is 2.25. The van der Waals surface area contributed by atoms with Gasteiger partial charge >= 0.3 is 6.18 Å². The average Bonchev–Trinajstić information content (AvgIpc) is 2.54. The van der Waals surface area contributed by atoms with E-state index < -0.39 is 11.7 Å². The molecule has 0 aliphatic carbocycles. The minimum absolute atomic E-state index is 0.184. The zero-order valence-electron chi connectivity index (χ0n) is 11.8. The molecule has 23 heavy (non-hydrogen) atoms. The quantitative estimate of drug-likeness (QED) is 0.715. The molecule has 1 aromatic heterocycles. The van der Waals surface area contributed by atoms with Crippen molar-refractivity contribution in [2.75, 3.05) is 0 Å². The maximum atomic E-state index is 12.6. The SMILES string of the molecule is N#Cc1nc2ccccc2nc1Cc1ccc(C(F)(F)F)cc1. The maximum Gasteiger partial charge on any atom is 0.416 e. The molecule has 0 fully saturated rings. The molecule has 0 radical (unpaired) electrons. The van der Waals surface area contributed by atoms with Crippen molar-refractivity contribution >= 4 is 11.0 Å². The molecular weight excluding hydrogens is 303 g/mol. The van der Waals surface area contributed by atoms with Gasteiger partial charge in [0.2, 0.25) is 0 Å². The van der Waals surface area contributed by atoms with Crippen LogP contribution in [0.2, 0.25) is 0 Å². The van der Waals surface area contributed by atoms with Crippen LogP contribution in [0.3, 0.4) is 0 Å². The molecule has 0 aliphatic rings. The lowest BCUT2D eigenvalue weighted by Gasteiger charge is -2.08. The molecule has 0 amide bonds. The van der Waals surface area contributed by atoms with Crippen molar-refractivity contribution in [1.82, 2.24) is 9.97 Å². The van der Waals surface area contributed by atoms with Gasteiger partial charge in [-0.25, -0.2) is 9.97 Å². The van der Waals surface area contributed by atoms with Gasteiger partial charge < -0.3 is 0 Å². The Hall–Kier alpha value is -2.94. The molecule has 0 aliphatic heterocycles. The number of para-hydroxylation sites is 2. The third kappa shape index (κ3) is 3.14. The molecule has 0 spiro atoms. The summed E-state index contributed by atoms with van der Waals surface area (Å²) in [6.07, 6.45) is -4.11. The normalized spacial score (nSPS) is 11.4. The van der Waals surface area contributed by atoms with E-state index in [0.717, 1.165) is 12.1 Å². The number of hydrogen-bond donors (Lipinski definition) is 0. The fraction of sp³-hybridized carbons (Fsp3) is 0.118. The molecule has 1 heterocycles. The molecule has 0 bridgehead atoms. The molecule has 0 saturated carbocycles. The van der Waals surface area contributed by atoms with Crippen molar-refractivity contribution < 1.29 is 13.2 Å². The van der Waals surface area contributed by atoms with Gasteiger partial charge in [0.15, 0.2) is 5.69 Å². The Morgan fingerprint density at radius 3 is 2.09 bits per heavy atom. The lowest BCUT2D eigenvalue weighted by atomic mass is 10.1. The highest BCUT2D eigenvalue weighted by Crippen LogP contribution is 2.29. The number of nitrogens with zero attached hydrogens (tertiary/aromatic N) is 3. The number of alkyl halides is 3. The van der Waals surface area contributed by atoms with Crippen LogP contribution in [0, 0.1) is 11.3 Å². The predicted octanol–water partition coefficient (Wildman–Crippen LogP) is 4.11. The summed E-state index contributed by atoms with van der Waals surface area (Å²) in [5, 5.41) is 9.21. The summed E-state index contributed by atoms with van der Waals surface area (Å²) in [5.41, 5.74) is 1.83. The van der Waals surface area contributed by atoms with Crippen LogP contribution in [-0.4, -0.2) is 9.97 Å². The Labute approximate surface area is 130 Å². The number of rotatable bonds is 2. The van der Waals surface area contributed by atoms with E-state index in [1.807, 2.05) is 12.1 Å². The molecule has 0 atom stereocenters. The second kappa shape index (κ2) is 5.69. The smallest absolute Gasteiger partial charge is 0.248 e. The van der Waals surface area contributed by atoms with Gasteiger partial charge in [0.05, 0.1) is 22.3 Å². The minimum Gasteiger partial charge on any atom is -0.248 e. The van der Waals surface area contributed by atoms with Crippen LogP contribution in [0.15, 0.2) is 48.5 Å². The Bertz CT molecular complexity index is 894. The summed E-state index contributed by atoms with van der Waals surface area (Å²) in [4.78, 5) is 8.65. The van der Waals surface area contributed by atoms with Crippen LogP contribution in [0.4, 0.5) is 13.2 Å². The van der Waals surface area contributed by atoms with E-state index >= 15 is 0 Å². The van der Waals surface area contributed by atoms with E-state index in [9.17, 15) is 18.4 Å². The summed E-state index contributed by atoms with van der Waals surface area (Å²) in [6.45, 7) is 0. The lowest BCUT2D eigenvalue weighted by Crippen LogP contribution is -2.05. The van der Waals surface area contributed by atoms with E-state index in [1.165, 1.54) is 12.1 Å². The Kier molecular flexibility index (Phi) is 3.70. The summed E-state index contributed by atoms with van der Waals surface area (Å²) in [6, 6.07) is 14.0. The van der Waals surface area contributed by atoms with Crippen LogP contribution in [0.25, 0.3) is 11.0 Å². The van der Waals surface area contributed by atoms with Crippen molar-refractivity contribution in [2.24, 2.45) is 0 Å². The second-order valence-corrected chi connectivity index (χ2v) is 4.99. The van der Waals surface area contributed by atoms with Crippen LogP contribution in [0.1, 0.15) is 22.5 Å². The Balaban J connectivity index is 1.96. The number of aromatic nitrogens is 2. The summed E-state index contributed by atoms with van der Waals surface area (Å²) < 4.78 is 37.7. The number of benzene rings is 2. The number of fused-ring (bicyclic) bond motifs is 1. The zero-order valence-corrected chi connectivity index (χ0v) is 11.8. The van der Waals surface area contributed by atoms with Gasteiger partial charge in [0.25, 0.3) is 0 Å². The van der Waals surface area contributed by atoms with Gasteiger partial charge in [-0.2, -0.15) is 18.4 Å². The third-order valence-electron chi connectivity index (χ3n) is 3.40. The summed E-state index contributed by atoms with van der Waals surface area (Å²) in [5.74, 6) is 0. The fourth-order valence-electron chi connectivity index (χ4n) is 2.25. The summed E-state index contributed by atoms with van der Waals surface area (Å²) >= 11 is 0. The van der Waals surface area contributed by atoms with Crippen LogP contribution in [0.5, 0.6) is 0 Å². The molecule has 3 rings (SSSR count). The monoisotopic (exact) mass is 313 g/mol. The van der Waals surface area contributed by atoms with Gasteiger partial charge in [-0.05, 0) is 29.8 Å². The largest absolute Gasteiger partial charge is 0.416 e. The molecule has 2 aromatic carbocycles. The van der Waals surface area contributed by atoms with E-state index in [0.29, 0.717) is 22.3 Å². The minimum atomic E-state index is -4.36. The molecule has 3 aromatic rings. The van der Waals surface area contributed by atoms with E-state index in [1.54, 1.807) is 18.2 Å². The van der Waals surface area contributed by atoms with Crippen molar-refractivity contribution in [1.29, 1.82) is 5.26 Å². The van der Waals surface area contributed by atoms with Crippen LogP contribution >= 0.6 is 0 Å². The maximum absolute atomic E-state index is 12.6. The Morgan fingerprint density at radius 2 is 1.52 bits per heavy atom. The predicted molar refractivity (Wildman–Crippen MR) is 78.5 cm³/mol. The van der Waals surface area contributed by atoms with Crippen molar-refractivity contribution in [3.05, 3.63) is 71.0 Å². The first-order chi connectivity index (χ1) is 11.0. The molecule has 0 unspecified atom stereocenters. The highest BCUT2D eigenvalue weighted by molar-refractivity contribution is 5.74. The molecule has 114 valence electrons. The molecule has 3 nitrogen and oxygen atoms in total. The van der Waals surface area contributed by atoms with Crippen molar-refractivity contribution in [3.8, 4) is 6.07 Å². The van der Waals surface area contributed by atoms with Gasteiger partial charge in [0, 0.05) is 6.42 Å². The number of nitriles is 1. The molecule has 0 N–H and O–H groups in total. The standard InChI is InChI=1S/C17H10F3N3/c18-17(19,20)12-7-5-11(6-8-12)9-15-16(10-21)23-14-4-2-1-3-13(14)22-15/h1-8H,9H2. The first kappa shape index (κ1) is 15.0. The average molecular weight is 313 g/mol. The topological polar surface area (TPSA) is 49.6 Å². The van der Waals surface area contributed by atoms with Gasteiger partial charge in [0.1, 0.15) is 6.07 Å². The third-order valence-corrected chi connectivity index (χ3v) is 3.40. The summed E-state index contributed by atoms with van der Waals surface area (Å²) in [7, 11) is 0. The Morgan fingerprint density at radius 1 is 0.913 bits per heavy atom. The number of hydrogen-bond acceptors (Lipinski definition) is 3. The van der Waals surface area contributed by atoms with Gasteiger partial charge in [-0.1, -0.05) is 24.3 Å². The highest BCUT2D eigenvalue weighted by Gasteiger charge is 2.29. The highest BCUT2D eigenvalue weighted by atomic mass is 19.4. The van der Waals surface area contributed by atoms with E-state index in [4.69, 9.17) is 0 Å².